The first-order valence-electron chi connectivity index (χ1n) is 12.6. The zero-order valence-corrected chi connectivity index (χ0v) is 23.6. The Labute approximate surface area is 235 Å². The van der Waals surface area contributed by atoms with Crippen LogP contribution in [0.4, 0.5) is 5.69 Å². The Morgan fingerprint density at radius 3 is 2.50 bits per heavy atom. The van der Waals surface area contributed by atoms with Crippen molar-refractivity contribution < 1.29 is 22.7 Å². The van der Waals surface area contributed by atoms with Crippen molar-refractivity contribution in [3.63, 3.8) is 0 Å². The van der Waals surface area contributed by atoms with Gasteiger partial charge in [-0.25, -0.2) is 13.1 Å². The summed E-state index contributed by atoms with van der Waals surface area (Å²) in [5, 5.41) is 4.25. The Morgan fingerprint density at radius 2 is 1.77 bits per heavy atom. The average Bonchev–Trinajstić information content (AvgIpc) is 3.57. The van der Waals surface area contributed by atoms with Crippen LogP contribution in [0.25, 0.3) is 5.69 Å². The van der Waals surface area contributed by atoms with Gasteiger partial charge in [0.05, 0.1) is 23.8 Å². The third kappa shape index (κ3) is 5.25. The minimum absolute atomic E-state index is 0.0850. The molecule has 0 saturated heterocycles. The van der Waals surface area contributed by atoms with Crippen LogP contribution in [0.5, 0.6) is 0 Å². The fraction of sp³-hybridized carbons (Fsp3) is 0.250. The second-order valence-electron chi connectivity index (χ2n) is 9.36. The number of benzene rings is 2. The predicted molar refractivity (Wildman–Crippen MR) is 151 cm³/mol. The van der Waals surface area contributed by atoms with Crippen molar-refractivity contribution in [1.82, 2.24) is 13.7 Å². The molecule has 10 nitrogen and oxygen atoms in total. The van der Waals surface area contributed by atoms with Crippen LogP contribution < -0.4 is 10.9 Å². The number of amides is 1. The van der Waals surface area contributed by atoms with E-state index in [9.17, 15) is 22.8 Å². The fourth-order valence-electron chi connectivity index (χ4n) is 4.90. The maximum absolute atomic E-state index is 13.4. The van der Waals surface area contributed by atoms with Crippen LogP contribution in [-0.4, -0.2) is 47.1 Å². The van der Waals surface area contributed by atoms with E-state index in [1.54, 1.807) is 60.4 Å². The number of esters is 1. The van der Waals surface area contributed by atoms with Gasteiger partial charge in [-0.15, -0.1) is 11.3 Å². The molecule has 1 aliphatic rings. The maximum atomic E-state index is 13.4. The molecular formula is C28H28N4O6S2. The molecule has 3 heterocycles. The summed E-state index contributed by atoms with van der Waals surface area (Å²) in [6.45, 7) is 1.30. The van der Waals surface area contributed by atoms with E-state index in [1.807, 2.05) is 24.3 Å². The van der Waals surface area contributed by atoms with Gasteiger partial charge in [-0.3, -0.25) is 19.1 Å². The highest BCUT2D eigenvalue weighted by Crippen LogP contribution is 2.37. The van der Waals surface area contributed by atoms with Crippen molar-refractivity contribution in [3.8, 4) is 5.69 Å². The van der Waals surface area contributed by atoms with Gasteiger partial charge < -0.3 is 10.1 Å². The molecule has 0 saturated carbocycles. The monoisotopic (exact) mass is 580 g/mol. The third-order valence-corrected chi connectivity index (χ3v) is 10.2. The molecule has 0 aliphatic carbocycles. The molecule has 4 aromatic rings. The Kier molecular flexibility index (Phi) is 7.74. The molecule has 40 heavy (non-hydrogen) atoms. The first-order chi connectivity index (χ1) is 19.2. The van der Waals surface area contributed by atoms with Crippen LogP contribution in [0.15, 0.2) is 81.1 Å². The maximum Gasteiger partial charge on any atom is 0.308 e. The molecule has 1 unspecified atom stereocenters. The van der Waals surface area contributed by atoms with Crippen molar-refractivity contribution >= 4 is 38.9 Å². The number of thiophene rings is 1. The molecule has 0 spiro atoms. The quantitative estimate of drug-likeness (QED) is 0.319. The van der Waals surface area contributed by atoms with Gasteiger partial charge in [0.15, 0.2) is 6.61 Å². The molecule has 12 heteroatoms. The summed E-state index contributed by atoms with van der Waals surface area (Å²) < 4.78 is 36.7. The number of sulfonamides is 1. The summed E-state index contributed by atoms with van der Waals surface area (Å²) in [7, 11) is -2.13. The molecule has 2 aromatic heterocycles. The van der Waals surface area contributed by atoms with Gasteiger partial charge in [0, 0.05) is 13.6 Å². The van der Waals surface area contributed by atoms with E-state index in [0.717, 1.165) is 22.5 Å². The van der Waals surface area contributed by atoms with Gasteiger partial charge in [0.25, 0.3) is 21.5 Å². The van der Waals surface area contributed by atoms with E-state index in [4.69, 9.17) is 4.74 Å². The van der Waals surface area contributed by atoms with Crippen molar-refractivity contribution in [2.45, 2.75) is 30.0 Å². The number of fused-ring (bicyclic) bond motifs is 1. The molecule has 1 aliphatic heterocycles. The SMILES string of the molecule is Cc1c(NC(=O)COC(=O)CC2c3ccccc3CCN2S(=O)(=O)c2cccs2)c(=O)n(-c2ccccc2)n1C. The molecule has 1 N–H and O–H groups in total. The highest BCUT2D eigenvalue weighted by atomic mass is 32.2. The minimum Gasteiger partial charge on any atom is -0.456 e. The largest absolute Gasteiger partial charge is 0.456 e. The summed E-state index contributed by atoms with van der Waals surface area (Å²) in [5.74, 6) is -1.40. The van der Waals surface area contributed by atoms with E-state index in [2.05, 4.69) is 5.32 Å². The molecule has 1 atom stereocenters. The third-order valence-electron chi connectivity index (χ3n) is 6.96. The Bertz CT molecular complexity index is 1710. The number of para-hydroxylation sites is 1. The normalized spacial score (nSPS) is 15.4. The van der Waals surface area contributed by atoms with E-state index >= 15 is 0 Å². The molecule has 0 bridgehead atoms. The van der Waals surface area contributed by atoms with Crippen LogP contribution in [0, 0.1) is 6.92 Å². The number of carbonyl (C=O) groups is 2. The second-order valence-corrected chi connectivity index (χ2v) is 12.4. The van der Waals surface area contributed by atoms with Gasteiger partial charge in [-0.1, -0.05) is 48.5 Å². The smallest absolute Gasteiger partial charge is 0.308 e. The first-order valence-corrected chi connectivity index (χ1v) is 14.9. The Balaban J connectivity index is 1.30. The van der Waals surface area contributed by atoms with E-state index in [-0.39, 0.29) is 22.9 Å². The highest BCUT2D eigenvalue weighted by Gasteiger charge is 2.38. The lowest BCUT2D eigenvalue weighted by Gasteiger charge is -2.35. The molecule has 1 amide bonds. The van der Waals surface area contributed by atoms with Crippen LogP contribution in [0.2, 0.25) is 0 Å². The topological polar surface area (TPSA) is 120 Å². The molecule has 2 aromatic carbocycles. The summed E-state index contributed by atoms with van der Waals surface area (Å²) >= 11 is 1.12. The van der Waals surface area contributed by atoms with E-state index in [1.165, 1.54) is 15.1 Å². The summed E-state index contributed by atoms with van der Waals surface area (Å²) in [5.41, 5.74) is 2.53. The van der Waals surface area contributed by atoms with Crippen LogP contribution in [-0.2, 0) is 37.8 Å². The zero-order valence-electron chi connectivity index (χ0n) is 21.9. The van der Waals surface area contributed by atoms with Gasteiger partial charge >= 0.3 is 5.97 Å². The number of rotatable bonds is 8. The number of nitrogens with zero attached hydrogens (tertiary/aromatic N) is 3. The number of nitrogens with one attached hydrogen (secondary N) is 1. The first kappa shape index (κ1) is 27.6. The lowest BCUT2D eigenvalue weighted by molar-refractivity contribution is -0.148. The van der Waals surface area contributed by atoms with Gasteiger partial charge in [0.2, 0.25) is 0 Å². The molecule has 5 rings (SSSR count). The van der Waals surface area contributed by atoms with E-state index in [0.29, 0.717) is 17.8 Å². The second kappa shape index (κ2) is 11.2. The molecule has 208 valence electrons. The Hall–Kier alpha value is -4.00. The van der Waals surface area contributed by atoms with Crippen LogP contribution >= 0.6 is 11.3 Å². The minimum atomic E-state index is -3.84. The standard InChI is InChI=1S/C28H28N4O6S2/c1-19-27(28(35)32(30(19)2)21-10-4-3-5-11-21)29-24(33)18-38-25(34)17-23-22-12-7-6-9-20(22)14-15-31(23)40(36,37)26-13-8-16-39-26/h3-13,16,23H,14-15,17-18H2,1-2H3,(H,29,33). The summed E-state index contributed by atoms with van der Waals surface area (Å²) in [4.78, 5) is 38.7. The van der Waals surface area contributed by atoms with E-state index < -0.39 is 40.1 Å². The van der Waals surface area contributed by atoms with Crippen LogP contribution in [0.1, 0.15) is 29.3 Å². The Morgan fingerprint density at radius 1 is 1.05 bits per heavy atom. The van der Waals surface area contributed by atoms with Crippen LogP contribution in [0.3, 0.4) is 0 Å². The molecule has 0 fully saturated rings. The predicted octanol–water partition coefficient (Wildman–Crippen LogP) is 3.41. The number of hydrogen-bond acceptors (Lipinski definition) is 7. The lowest BCUT2D eigenvalue weighted by Crippen LogP contribution is -2.41. The number of carbonyl (C=O) groups excluding carboxylic acids is 2. The van der Waals surface area contributed by atoms with Crippen molar-refractivity contribution in [2.75, 3.05) is 18.5 Å². The molecular weight excluding hydrogens is 552 g/mol. The lowest BCUT2D eigenvalue weighted by atomic mass is 9.92. The zero-order chi connectivity index (χ0) is 28.4. The number of ether oxygens (including phenoxy) is 1. The number of aromatic nitrogens is 2. The van der Waals surface area contributed by atoms with Crippen molar-refractivity contribution in [2.24, 2.45) is 7.05 Å². The van der Waals surface area contributed by atoms with Gasteiger partial charge in [0.1, 0.15) is 9.90 Å². The van der Waals surface area contributed by atoms with Gasteiger partial charge in [-0.2, -0.15) is 4.31 Å². The van der Waals surface area contributed by atoms with Crippen molar-refractivity contribution in [3.05, 3.63) is 99.3 Å². The number of hydrogen-bond donors (Lipinski definition) is 1. The van der Waals surface area contributed by atoms with Crippen molar-refractivity contribution in [1.29, 1.82) is 0 Å². The average molecular weight is 581 g/mol. The molecule has 0 radical (unpaired) electrons. The highest BCUT2D eigenvalue weighted by molar-refractivity contribution is 7.91. The number of anilines is 1. The summed E-state index contributed by atoms with van der Waals surface area (Å²) in [6.07, 6.45) is 0.256. The fourth-order valence-corrected chi connectivity index (χ4v) is 7.63. The summed E-state index contributed by atoms with van der Waals surface area (Å²) in [6, 6.07) is 18.8. The van der Waals surface area contributed by atoms with Gasteiger partial charge in [-0.05, 0) is 48.1 Å².